The van der Waals surface area contributed by atoms with Crippen molar-refractivity contribution in [1.82, 2.24) is 25.0 Å². The zero-order chi connectivity index (χ0) is 19.4. The van der Waals surface area contributed by atoms with Crippen molar-refractivity contribution in [3.63, 3.8) is 0 Å². The van der Waals surface area contributed by atoms with Gasteiger partial charge in [-0.25, -0.2) is 13.1 Å². The number of nitrogens with zero attached hydrogens (tertiary/aromatic N) is 4. The molecule has 0 spiro atoms. The largest absolute Gasteiger partial charge is 0.361 e. The van der Waals surface area contributed by atoms with Gasteiger partial charge in [0.05, 0.1) is 11.9 Å². The molecule has 1 aliphatic rings. The molecule has 0 bridgehead atoms. The average Bonchev–Trinajstić information content (AvgIpc) is 2.92. The highest BCUT2D eigenvalue weighted by atomic mass is 127. The summed E-state index contributed by atoms with van der Waals surface area (Å²) in [5.74, 6) is 1.61. The number of aliphatic imine (C=N–C) groups is 1. The Bertz CT molecular complexity index is 726. The molecule has 2 rings (SSSR count). The van der Waals surface area contributed by atoms with Crippen molar-refractivity contribution in [1.29, 1.82) is 0 Å². The third kappa shape index (κ3) is 8.32. The van der Waals surface area contributed by atoms with Crippen molar-refractivity contribution in [3.05, 3.63) is 17.5 Å². The highest BCUT2D eigenvalue weighted by molar-refractivity contribution is 14.0. The second kappa shape index (κ2) is 10.0. The van der Waals surface area contributed by atoms with Crippen LogP contribution in [0.1, 0.15) is 25.3 Å². The predicted molar refractivity (Wildman–Crippen MR) is 117 cm³/mol. The van der Waals surface area contributed by atoms with Crippen molar-refractivity contribution in [2.75, 3.05) is 46.0 Å². The number of halogens is 1. The van der Waals surface area contributed by atoms with Gasteiger partial charge in [-0.2, -0.15) is 0 Å². The maximum absolute atomic E-state index is 11.5. The van der Waals surface area contributed by atoms with Crippen LogP contribution in [0.2, 0.25) is 0 Å². The summed E-state index contributed by atoms with van der Waals surface area (Å²) >= 11 is 0. The number of aryl methyl sites for hydroxylation is 1. The van der Waals surface area contributed by atoms with Crippen LogP contribution < -0.4 is 10.0 Å². The predicted octanol–water partition coefficient (Wildman–Crippen LogP) is 0.622. The maximum atomic E-state index is 11.5. The Morgan fingerprint density at radius 2 is 1.96 bits per heavy atom. The van der Waals surface area contributed by atoms with Gasteiger partial charge in [0.25, 0.3) is 0 Å². The molecule has 2 heterocycles. The molecule has 1 saturated heterocycles. The number of aromatic nitrogens is 1. The minimum absolute atomic E-state index is 0. The third-order valence-corrected chi connectivity index (χ3v) is 5.02. The molecule has 9 nitrogen and oxygen atoms in total. The zero-order valence-corrected chi connectivity index (χ0v) is 19.8. The number of guanidine groups is 1. The minimum Gasteiger partial charge on any atom is -0.361 e. The lowest BCUT2D eigenvalue weighted by Gasteiger charge is -2.37. The first kappa shape index (κ1) is 24.1. The maximum Gasteiger partial charge on any atom is 0.209 e. The van der Waals surface area contributed by atoms with Crippen molar-refractivity contribution in [2.45, 2.75) is 32.9 Å². The summed E-state index contributed by atoms with van der Waals surface area (Å²) in [4.78, 5) is 8.84. The van der Waals surface area contributed by atoms with Crippen LogP contribution in [0.4, 0.5) is 0 Å². The molecule has 11 heteroatoms. The highest BCUT2D eigenvalue weighted by Gasteiger charge is 2.25. The van der Waals surface area contributed by atoms with Crippen LogP contribution in [-0.2, 0) is 16.6 Å². The van der Waals surface area contributed by atoms with Crippen LogP contribution in [0, 0.1) is 6.92 Å². The molecular formula is C16H31IN6O3S. The van der Waals surface area contributed by atoms with E-state index in [2.05, 4.69) is 30.0 Å². The molecule has 27 heavy (non-hydrogen) atoms. The van der Waals surface area contributed by atoms with E-state index in [-0.39, 0.29) is 24.0 Å². The number of nitrogens with one attached hydrogen (secondary N) is 2. The van der Waals surface area contributed by atoms with Gasteiger partial charge in [-0.15, -0.1) is 24.0 Å². The molecule has 0 atom stereocenters. The molecule has 0 amide bonds. The zero-order valence-electron chi connectivity index (χ0n) is 16.7. The molecule has 156 valence electrons. The van der Waals surface area contributed by atoms with Crippen LogP contribution in [0.3, 0.4) is 0 Å². The van der Waals surface area contributed by atoms with Crippen LogP contribution >= 0.6 is 24.0 Å². The van der Waals surface area contributed by atoms with E-state index < -0.39 is 15.6 Å². The van der Waals surface area contributed by atoms with E-state index in [4.69, 9.17) is 4.52 Å². The van der Waals surface area contributed by atoms with E-state index in [0.29, 0.717) is 6.54 Å². The monoisotopic (exact) mass is 514 g/mol. The molecule has 0 aromatic carbocycles. The molecule has 0 unspecified atom stereocenters. The third-order valence-electron chi connectivity index (χ3n) is 4.10. The van der Waals surface area contributed by atoms with Gasteiger partial charge in [0.15, 0.2) is 5.96 Å². The second-order valence-electron chi connectivity index (χ2n) is 7.35. The fourth-order valence-corrected chi connectivity index (χ4v) is 4.09. The summed E-state index contributed by atoms with van der Waals surface area (Å²) in [6.07, 6.45) is 1.17. The van der Waals surface area contributed by atoms with Crippen molar-refractivity contribution in [2.24, 2.45) is 4.99 Å². The van der Waals surface area contributed by atoms with Gasteiger partial charge in [0.1, 0.15) is 5.76 Å². The van der Waals surface area contributed by atoms with Gasteiger partial charge in [0, 0.05) is 57.9 Å². The number of sulfonamides is 1. The fraction of sp³-hybridized carbons (Fsp3) is 0.750. The molecular weight excluding hydrogens is 483 g/mol. The first-order valence-electron chi connectivity index (χ1n) is 8.67. The van der Waals surface area contributed by atoms with Gasteiger partial charge < -0.3 is 14.7 Å². The van der Waals surface area contributed by atoms with Crippen molar-refractivity contribution >= 4 is 40.0 Å². The number of hydrogen-bond donors (Lipinski definition) is 2. The number of rotatable bonds is 6. The molecule has 1 fully saturated rings. The van der Waals surface area contributed by atoms with Gasteiger partial charge in [-0.1, -0.05) is 5.16 Å². The molecule has 1 aliphatic heterocycles. The van der Waals surface area contributed by atoms with E-state index in [1.165, 1.54) is 6.26 Å². The lowest BCUT2D eigenvalue weighted by molar-refractivity contribution is 0.168. The SMILES string of the molecule is CN=C(NCC(C)(C)NS(C)(=O)=O)N1CCN(Cc2cc(C)on2)CC1.I. The average molecular weight is 514 g/mol. The van der Waals surface area contributed by atoms with Gasteiger partial charge in [0.2, 0.25) is 10.0 Å². The Morgan fingerprint density at radius 1 is 1.33 bits per heavy atom. The van der Waals surface area contributed by atoms with Crippen LogP contribution in [-0.4, -0.2) is 80.9 Å². The van der Waals surface area contributed by atoms with E-state index in [1.54, 1.807) is 7.05 Å². The van der Waals surface area contributed by atoms with Gasteiger partial charge >= 0.3 is 0 Å². The molecule has 2 N–H and O–H groups in total. The van der Waals surface area contributed by atoms with Crippen LogP contribution in [0.15, 0.2) is 15.6 Å². The first-order chi connectivity index (χ1) is 12.1. The first-order valence-corrected chi connectivity index (χ1v) is 10.6. The quantitative estimate of drug-likeness (QED) is 0.326. The number of hydrogen-bond acceptors (Lipinski definition) is 6. The molecule has 0 saturated carbocycles. The smallest absolute Gasteiger partial charge is 0.209 e. The van der Waals surface area contributed by atoms with E-state index in [9.17, 15) is 8.42 Å². The Morgan fingerprint density at radius 3 is 2.44 bits per heavy atom. The Kier molecular flexibility index (Phi) is 8.96. The van der Waals surface area contributed by atoms with Gasteiger partial charge in [-0.05, 0) is 20.8 Å². The molecule has 0 radical (unpaired) electrons. The van der Waals surface area contributed by atoms with Crippen molar-refractivity contribution < 1.29 is 12.9 Å². The van der Waals surface area contributed by atoms with E-state index in [0.717, 1.165) is 50.1 Å². The normalized spacial score (nSPS) is 16.9. The summed E-state index contributed by atoms with van der Waals surface area (Å²) in [6.45, 7) is 10.3. The summed E-state index contributed by atoms with van der Waals surface area (Å²) < 4.78 is 30.6. The molecule has 0 aliphatic carbocycles. The Balaban J connectivity index is 0.00000364. The van der Waals surface area contributed by atoms with Crippen LogP contribution in [0.25, 0.3) is 0 Å². The lowest BCUT2D eigenvalue weighted by atomic mass is 10.1. The Hall–Kier alpha value is -0.920. The van der Waals surface area contributed by atoms with E-state index >= 15 is 0 Å². The fourth-order valence-electron chi connectivity index (χ4n) is 3.01. The second-order valence-corrected chi connectivity index (χ2v) is 9.10. The summed E-state index contributed by atoms with van der Waals surface area (Å²) in [7, 11) is -1.52. The standard InChI is InChI=1S/C16H30N6O3S.HI/c1-13-10-14(19-25-13)11-21-6-8-22(9-7-21)15(17-4)18-12-16(2,3)20-26(5,23)24;/h10,20H,6-9,11-12H2,1-5H3,(H,17,18);1H. The molecule has 1 aromatic heterocycles. The summed E-state index contributed by atoms with van der Waals surface area (Å²) in [5, 5.41) is 7.32. The highest BCUT2D eigenvalue weighted by Crippen LogP contribution is 2.10. The minimum atomic E-state index is -3.26. The van der Waals surface area contributed by atoms with E-state index in [1.807, 2.05) is 26.8 Å². The van der Waals surface area contributed by atoms with Gasteiger partial charge in [-0.3, -0.25) is 9.89 Å². The lowest BCUT2D eigenvalue weighted by Crippen LogP contribution is -2.56. The van der Waals surface area contributed by atoms with Crippen molar-refractivity contribution in [3.8, 4) is 0 Å². The summed E-state index contributed by atoms with van der Waals surface area (Å²) in [6, 6.07) is 1.96. The summed E-state index contributed by atoms with van der Waals surface area (Å²) in [5.41, 5.74) is 0.350. The van der Waals surface area contributed by atoms with Crippen LogP contribution in [0.5, 0.6) is 0 Å². The number of piperazine rings is 1. The topological polar surface area (TPSA) is 103 Å². The Labute approximate surface area is 179 Å². The molecule has 1 aromatic rings.